The minimum absolute atomic E-state index is 0.0827. The molecule has 1 aliphatic carbocycles. The lowest BCUT2D eigenvalue weighted by atomic mass is 9.71. The quantitative estimate of drug-likeness (QED) is 0.537. The van der Waals surface area contributed by atoms with Crippen molar-refractivity contribution >= 4 is 17.8 Å². The molecule has 1 unspecified atom stereocenters. The Morgan fingerprint density at radius 3 is 2.40 bits per heavy atom. The van der Waals surface area contributed by atoms with Crippen LogP contribution in [-0.2, 0) is 19.1 Å². The Kier molecular flexibility index (Phi) is 3.52. The van der Waals surface area contributed by atoms with Crippen LogP contribution in [0, 0.1) is 11.3 Å². The van der Waals surface area contributed by atoms with Gasteiger partial charge in [-0.15, -0.1) is 0 Å². The van der Waals surface area contributed by atoms with Crippen molar-refractivity contribution in [2.75, 3.05) is 20.2 Å². The lowest BCUT2D eigenvalue weighted by Gasteiger charge is -2.49. The van der Waals surface area contributed by atoms with E-state index in [2.05, 4.69) is 0 Å². The third-order valence-electron chi connectivity index (χ3n) is 3.90. The van der Waals surface area contributed by atoms with Gasteiger partial charge in [0.15, 0.2) is 0 Å². The van der Waals surface area contributed by atoms with Crippen LogP contribution >= 0.6 is 0 Å². The van der Waals surface area contributed by atoms with E-state index >= 15 is 0 Å². The van der Waals surface area contributed by atoms with Crippen molar-refractivity contribution in [2.24, 2.45) is 11.3 Å². The summed E-state index contributed by atoms with van der Waals surface area (Å²) in [7, 11) is 1.28. The van der Waals surface area contributed by atoms with Crippen molar-refractivity contribution in [1.82, 2.24) is 4.90 Å². The van der Waals surface area contributed by atoms with Gasteiger partial charge >= 0.3 is 12.1 Å². The van der Waals surface area contributed by atoms with E-state index in [4.69, 9.17) is 9.47 Å². The number of methoxy groups -OCH3 is 1. The topological polar surface area (TPSA) is 72.9 Å². The fraction of sp³-hybridized carbons (Fsp3) is 0.786. The summed E-state index contributed by atoms with van der Waals surface area (Å²) in [4.78, 5) is 37.1. The number of likely N-dealkylation sites (tertiary alicyclic amines) is 1. The van der Waals surface area contributed by atoms with Gasteiger partial charge in [0.25, 0.3) is 0 Å². The molecule has 1 heterocycles. The summed E-state index contributed by atoms with van der Waals surface area (Å²) in [5, 5.41) is 0. The first kappa shape index (κ1) is 14.8. The molecule has 0 radical (unpaired) electrons. The monoisotopic (exact) mass is 283 g/mol. The predicted molar refractivity (Wildman–Crippen MR) is 70.0 cm³/mol. The van der Waals surface area contributed by atoms with Gasteiger partial charge in [-0.05, 0) is 27.2 Å². The van der Waals surface area contributed by atoms with Crippen molar-refractivity contribution in [3.8, 4) is 0 Å². The highest BCUT2D eigenvalue weighted by atomic mass is 16.6. The second-order valence-electron chi connectivity index (χ2n) is 6.62. The summed E-state index contributed by atoms with van der Waals surface area (Å²) in [6.45, 7) is 6.17. The van der Waals surface area contributed by atoms with Crippen LogP contribution in [0.1, 0.15) is 33.6 Å². The van der Waals surface area contributed by atoms with Crippen LogP contribution in [-0.4, -0.2) is 48.5 Å². The molecule has 0 aromatic heterocycles. The average molecular weight is 283 g/mol. The predicted octanol–water partition coefficient (Wildman–Crippen LogP) is 1.38. The van der Waals surface area contributed by atoms with E-state index in [1.165, 1.54) is 7.11 Å². The number of hydrogen-bond donors (Lipinski definition) is 0. The molecular formula is C14H21NO5. The Bertz CT molecular complexity index is 445. The minimum Gasteiger partial charge on any atom is -0.468 e. The van der Waals surface area contributed by atoms with Crippen molar-refractivity contribution in [3.05, 3.63) is 0 Å². The smallest absolute Gasteiger partial charge is 0.410 e. The fourth-order valence-corrected chi connectivity index (χ4v) is 3.01. The Morgan fingerprint density at radius 1 is 1.30 bits per heavy atom. The first-order valence-corrected chi connectivity index (χ1v) is 6.77. The number of amides is 1. The zero-order valence-corrected chi connectivity index (χ0v) is 12.4. The Hall–Kier alpha value is -1.59. The maximum atomic E-state index is 11.9. The molecule has 1 amide bonds. The number of rotatable bonds is 1. The molecule has 1 spiro atoms. The van der Waals surface area contributed by atoms with Gasteiger partial charge in [-0.1, -0.05) is 0 Å². The summed E-state index contributed by atoms with van der Waals surface area (Å²) in [5.41, 5.74) is -0.992. The van der Waals surface area contributed by atoms with Crippen molar-refractivity contribution < 1.29 is 23.9 Å². The molecule has 0 bridgehead atoms. The van der Waals surface area contributed by atoms with Gasteiger partial charge < -0.3 is 14.4 Å². The molecule has 2 aliphatic rings. The first-order chi connectivity index (χ1) is 9.18. The molecule has 1 aliphatic heterocycles. The Balaban J connectivity index is 2.02. The van der Waals surface area contributed by atoms with Crippen LogP contribution in [0.3, 0.4) is 0 Å². The zero-order valence-electron chi connectivity index (χ0n) is 12.4. The van der Waals surface area contributed by atoms with Crippen molar-refractivity contribution in [2.45, 2.75) is 39.2 Å². The third kappa shape index (κ3) is 2.51. The molecule has 112 valence electrons. The van der Waals surface area contributed by atoms with E-state index in [-0.39, 0.29) is 5.78 Å². The third-order valence-corrected chi connectivity index (χ3v) is 3.90. The van der Waals surface area contributed by atoms with Gasteiger partial charge in [0, 0.05) is 24.9 Å². The largest absolute Gasteiger partial charge is 0.468 e. The Labute approximate surface area is 118 Å². The highest BCUT2D eigenvalue weighted by Crippen LogP contribution is 2.48. The first-order valence-electron chi connectivity index (χ1n) is 6.77. The van der Waals surface area contributed by atoms with Gasteiger partial charge in [0.2, 0.25) is 0 Å². The highest BCUT2D eigenvalue weighted by molar-refractivity contribution is 6.02. The van der Waals surface area contributed by atoms with Crippen LogP contribution in [0.15, 0.2) is 0 Å². The Morgan fingerprint density at radius 2 is 1.90 bits per heavy atom. The molecule has 1 saturated heterocycles. The number of ether oxygens (including phenoxy) is 2. The standard InChI is InChI=1S/C14H21NO5/c1-13(2,3)20-12(18)15-7-14(8-15)6-5-9(16)10(14)11(17)19-4/h10H,5-8H2,1-4H3. The summed E-state index contributed by atoms with van der Waals surface area (Å²) in [6.07, 6.45) is 0.610. The van der Waals surface area contributed by atoms with E-state index in [0.29, 0.717) is 25.9 Å². The maximum absolute atomic E-state index is 11.9. The lowest BCUT2D eigenvalue weighted by Crippen LogP contribution is -2.62. The van der Waals surface area contributed by atoms with Gasteiger partial charge in [-0.25, -0.2) is 4.79 Å². The molecular weight excluding hydrogens is 262 g/mol. The second-order valence-corrected chi connectivity index (χ2v) is 6.62. The number of esters is 1. The molecule has 1 saturated carbocycles. The van der Waals surface area contributed by atoms with Crippen LogP contribution in [0.5, 0.6) is 0 Å². The lowest BCUT2D eigenvalue weighted by molar-refractivity contribution is -0.157. The number of hydrogen-bond acceptors (Lipinski definition) is 5. The van der Waals surface area contributed by atoms with Gasteiger partial charge in [0.1, 0.15) is 17.3 Å². The maximum Gasteiger partial charge on any atom is 0.410 e. The summed E-state index contributed by atoms with van der Waals surface area (Å²) in [6, 6.07) is 0. The summed E-state index contributed by atoms with van der Waals surface area (Å²) in [5.74, 6) is -1.30. The minimum atomic E-state index is -0.730. The van der Waals surface area contributed by atoms with E-state index in [9.17, 15) is 14.4 Å². The van der Waals surface area contributed by atoms with Gasteiger partial charge in [0.05, 0.1) is 7.11 Å². The van der Waals surface area contributed by atoms with Crippen LogP contribution in [0.25, 0.3) is 0 Å². The number of nitrogens with zero attached hydrogens (tertiary/aromatic N) is 1. The molecule has 0 aromatic rings. The van der Waals surface area contributed by atoms with Gasteiger partial charge in [-0.2, -0.15) is 0 Å². The molecule has 2 fully saturated rings. The molecule has 20 heavy (non-hydrogen) atoms. The van der Waals surface area contributed by atoms with Crippen molar-refractivity contribution in [1.29, 1.82) is 0 Å². The van der Waals surface area contributed by atoms with Gasteiger partial charge in [-0.3, -0.25) is 9.59 Å². The SMILES string of the molecule is COC(=O)C1C(=O)CCC12CN(C(=O)OC(C)(C)C)C2. The molecule has 1 atom stereocenters. The van der Waals surface area contributed by atoms with E-state index in [0.717, 1.165) is 0 Å². The van der Waals surface area contributed by atoms with E-state index < -0.39 is 29.0 Å². The van der Waals surface area contributed by atoms with Crippen LogP contribution < -0.4 is 0 Å². The number of carbonyl (C=O) groups is 3. The highest BCUT2D eigenvalue weighted by Gasteiger charge is 2.60. The summed E-state index contributed by atoms with van der Waals surface area (Å²) >= 11 is 0. The van der Waals surface area contributed by atoms with Crippen LogP contribution in [0.4, 0.5) is 4.79 Å². The zero-order chi connectivity index (χ0) is 15.1. The van der Waals surface area contributed by atoms with Crippen LogP contribution in [0.2, 0.25) is 0 Å². The van der Waals surface area contributed by atoms with E-state index in [1.54, 1.807) is 25.7 Å². The van der Waals surface area contributed by atoms with E-state index in [1.807, 2.05) is 0 Å². The molecule has 0 aromatic carbocycles. The number of ketones is 1. The number of Topliss-reactive ketones (excluding diaryl/α,β-unsaturated/α-hetero) is 1. The fourth-order valence-electron chi connectivity index (χ4n) is 3.01. The molecule has 6 nitrogen and oxygen atoms in total. The van der Waals surface area contributed by atoms with Crippen molar-refractivity contribution in [3.63, 3.8) is 0 Å². The molecule has 0 N–H and O–H groups in total. The summed E-state index contributed by atoms with van der Waals surface area (Å²) < 4.78 is 10.00. The number of carbonyl (C=O) groups excluding carboxylic acids is 3. The second kappa shape index (κ2) is 4.75. The molecule has 6 heteroatoms. The molecule has 2 rings (SSSR count). The normalized spacial score (nSPS) is 24.5. The average Bonchev–Trinajstić information content (AvgIpc) is 2.61.